The number of ether oxygens (including phenoxy) is 2. The molecule has 0 spiro atoms. The van der Waals surface area contributed by atoms with Crippen LogP contribution < -0.4 is 0 Å². The van der Waals surface area contributed by atoms with Gasteiger partial charge in [0.2, 0.25) is 0 Å². The van der Waals surface area contributed by atoms with Gasteiger partial charge in [0.05, 0.1) is 14.2 Å². The Balaban J connectivity index is 3.24. The van der Waals surface area contributed by atoms with E-state index in [1.54, 1.807) is 0 Å². The third-order valence-corrected chi connectivity index (χ3v) is 4.52. The highest BCUT2D eigenvalue weighted by atomic mass is 16.5. The normalized spacial score (nSPS) is 23.9. The fraction of sp³-hybridized carbons (Fsp3) is 0.647. The molecule has 0 saturated carbocycles. The van der Waals surface area contributed by atoms with Crippen LogP contribution in [-0.2, 0) is 19.1 Å². The molecule has 1 aliphatic rings. The fourth-order valence-electron chi connectivity index (χ4n) is 3.17. The van der Waals surface area contributed by atoms with Gasteiger partial charge < -0.3 is 24.6 Å². The Hall–Kier alpha value is -2.02. The summed E-state index contributed by atoms with van der Waals surface area (Å²) < 4.78 is 10.5. The molecule has 24 heavy (non-hydrogen) atoms. The first-order valence-corrected chi connectivity index (χ1v) is 7.85. The lowest BCUT2D eigenvalue weighted by molar-refractivity contribution is -0.151. The topological polar surface area (TPSA) is 96.3 Å². The van der Waals surface area contributed by atoms with Gasteiger partial charge in [-0.1, -0.05) is 6.42 Å². The minimum Gasteiger partial charge on any atom is -0.496 e. The van der Waals surface area contributed by atoms with Crippen molar-refractivity contribution in [1.82, 2.24) is 4.90 Å². The van der Waals surface area contributed by atoms with E-state index >= 15 is 0 Å². The summed E-state index contributed by atoms with van der Waals surface area (Å²) in [6.07, 6.45) is 3.39. The van der Waals surface area contributed by atoms with Crippen LogP contribution in [0.5, 0.6) is 0 Å². The Bertz CT molecular complexity index is 551. The van der Waals surface area contributed by atoms with Crippen molar-refractivity contribution in [2.45, 2.75) is 26.2 Å². The van der Waals surface area contributed by atoms with Crippen molar-refractivity contribution in [2.24, 2.45) is 11.3 Å². The summed E-state index contributed by atoms with van der Waals surface area (Å²) in [4.78, 5) is 25.7. The summed E-state index contributed by atoms with van der Waals surface area (Å²) in [5.74, 6) is -2.66. The van der Waals surface area contributed by atoms with Crippen molar-refractivity contribution < 1.29 is 29.3 Å². The molecule has 136 valence electrons. The van der Waals surface area contributed by atoms with Crippen LogP contribution in [0, 0.1) is 11.3 Å². The highest BCUT2D eigenvalue weighted by Crippen LogP contribution is 2.48. The average Bonchev–Trinajstić information content (AvgIpc) is 2.51. The zero-order valence-electron chi connectivity index (χ0n) is 15.0. The van der Waals surface area contributed by atoms with Crippen LogP contribution in [-0.4, -0.2) is 61.9 Å². The van der Waals surface area contributed by atoms with Crippen molar-refractivity contribution in [3.05, 3.63) is 23.2 Å². The molecule has 2 N–H and O–H groups in total. The van der Waals surface area contributed by atoms with Gasteiger partial charge in [0.25, 0.3) is 0 Å². The Labute approximate surface area is 142 Å². The van der Waals surface area contributed by atoms with E-state index in [-0.39, 0.29) is 17.1 Å². The fourth-order valence-corrected chi connectivity index (χ4v) is 3.17. The van der Waals surface area contributed by atoms with Crippen LogP contribution in [0.4, 0.5) is 0 Å². The molecule has 0 fully saturated rings. The third kappa shape index (κ3) is 3.90. The van der Waals surface area contributed by atoms with Crippen LogP contribution in [0.3, 0.4) is 0 Å². The Kier molecular flexibility index (Phi) is 6.83. The molecule has 1 aliphatic carbocycles. The molecule has 0 heterocycles. The van der Waals surface area contributed by atoms with Gasteiger partial charge in [-0.2, -0.15) is 0 Å². The number of rotatable bonds is 9. The largest absolute Gasteiger partial charge is 0.496 e. The lowest BCUT2D eigenvalue weighted by Crippen LogP contribution is -2.43. The standard InChI is InChI=1S/C17H27NO6/c1-17(16(21)22)12(8-6-7-9-18(2)3)11(15(19)20)10-13(23-4)14(17)24-5/h10,12H,6-9H2,1-5H3,(H,19,20)(H,21,22). The molecule has 0 amide bonds. The van der Waals surface area contributed by atoms with Crippen molar-refractivity contribution in [2.75, 3.05) is 34.9 Å². The monoisotopic (exact) mass is 341 g/mol. The molecule has 0 saturated heterocycles. The number of methoxy groups -OCH3 is 2. The Morgan fingerprint density at radius 3 is 2.25 bits per heavy atom. The number of hydrogen-bond acceptors (Lipinski definition) is 5. The number of carboxylic acids is 2. The molecule has 2 atom stereocenters. The van der Waals surface area contributed by atoms with E-state index in [1.807, 2.05) is 19.0 Å². The maximum absolute atomic E-state index is 12.0. The van der Waals surface area contributed by atoms with Gasteiger partial charge in [-0.05, 0) is 46.5 Å². The van der Waals surface area contributed by atoms with Crippen LogP contribution in [0.15, 0.2) is 23.2 Å². The minimum atomic E-state index is -1.49. The summed E-state index contributed by atoms with van der Waals surface area (Å²) in [7, 11) is 6.66. The smallest absolute Gasteiger partial charge is 0.332 e. The second kappa shape index (κ2) is 8.19. The van der Waals surface area contributed by atoms with Gasteiger partial charge in [0.1, 0.15) is 5.41 Å². The average molecular weight is 341 g/mol. The number of aliphatic carboxylic acids is 2. The molecule has 0 aromatic carbocycles. The second-order valence-electron chi connectivity index (χ2n) is 6.37. The number of carbonyl (C=O) groups is 2. The van der Waals surface area contributed by atoms with E-state index in [2.05, 4.69) is 0 Å². The van der Waals surface area contributed by atoms with E-state index in [1.165, 1.54) is 27.2 Å². The van der Waals surface area contributed by atoms with E-state index in [0.29, 0.717) is 6.42 Å². The zero-order chi connectivity index (χ0) is 18.5. The summed E-state index contributed by atoms with van der Waals surface area (Å²) in [6.45, 7) is 2.36. The molecule has 0 aromatic rings. The number of unbranched alkanes of at least 4 members (excludes halogenated alkanes) is 1. The summed E-state index contributed by atoms with van der Waals surface area (Å²) >= 11 is 0. The number of carboxylic acid groups (broad SMARTS) is 2. The second-order valence-corrected chi connectivity index (χ2v) is 6.37. The van der Waals surface area contributed by atoms with Gasteiger partial charge in [0, 0.05) is 11.5 Å². The predicted molar refractivity (Wildman–Crippen MR) is 88.4 cm³/mol. The van der Waals surface area contributed by atoms with E-state index in [0.717, 1.165) is 19.4 Å². The van der Waals surface area contributed by atoms with E-state index < -0.39 is 23.3 Å². The van der Waals surface area contributed by atoms with Crippen molar-refractivity contribution in [1.29, 1.82) is 0 Å². The summed E-state index contributed by atoms with van der Waals surface area (Å²) in [5, 5.41) is 19.4. The van der Waals surface area contributed by atoms with Gasteiger partial charge in [-0.3, -0.25) is 4.79 Å². The van der Waals surface area contributed by atoms with E-state index in [9.17, 15) is 19.8 Å². The van der Waals surface area contributed by atoms with Crippen molar-refractivity contribution >= 4 is 11.9 Å². The predicted octanol–water partition coefficient (Wildman–Crippen LogP) is 1.95. The SMILES string of the molecule is COC1=C(OC)C(C)(C(=O)O)C(CCCCN(C)C)C(C(=O)O)=C1. The molecule has 0 aliphatic heterocycles. The molecule has 0 radical (unpaired) electrons. The quantitative estimate of drug-likeness (QED) is 0.619. The Morgan fingerprint density at radius 2 is 1.83 bits per heavy atom. The molecular weight excluding hydrogens is 314 g/mol. The zero-order valence-corrected chi connectivity index (χ0v) is 15.0. The van der Waals surface area contributed by atoms with Gasteiger partial charge >= 0.3 is 11.9 Å². The molecular formula is C17H27NO6. The van der Waals surface area contributed by atoms with Crippen LogP contribution in [0.25, 0.3) is 0 Å². The third-order valence-electron chi connectivity index (χ3n) is 4.52. The Morgan fingerprint density at radius 1 is 1.21 bits per heavy atom. The van der Waals surface area contributed by atoms with Gasteiger partial charge in [-0.25, -0.2) is 4.79 Å². The van der Waals surface area contributed by atoms with Gasteiger partial charge in [-0.15, -0.1) is 0 Å². The number of allylic oxidation sites excluding steroid dienone is 1. The summed E-state index contributed by atoms with van der Waals surface area (Å²) in [5.41, 5.74) is -1.44. The first-order valence-electron chi connectivity index (χ1n) is 7.85. The highest BCUT2D eigenvalue weighted by Gasteiger charge is 2.52. The lowest BCUT2D eigenvalue weighted by atomic mass is 9.66. The molecule has 0 bridgehead atoms. The van der Waals surface area contributed by atoms with E-state index in [4.69, 9.17) is 9.47 Å². The first-order chi connectivity index (χ1) is 11.2. The molecule has 2 unspecified atom stereocenters. The first kappa shape index (κ1) is 20.0. The molecule has 7 nitrogen and oxygen atoms in total. The van der Waals surface area contributed by atoms with Crippen LogP contribution in [0.1, 0.15) is 26.2 Å². The number of nitrogens with zero attached hydrogens (tertiary/aromatic N) is 1. The molecule has 0 aromatic heterocycles. The maximum atomic E-state index is 12.0. The van der Waals surface area contributed by atoms with Crippen LogP contribution in [0.2, 0.25) is 0 Å². The molecule has 1 rings (SSSR count). The lowest BCUT2D eigenvalue weighted by Gasteiger charge is -2.38. The van der Waals surface area contributed by atoms with Crippen molar-refractivity contribution in [3.8, 4) is 0 Å². The minimum absolute atomic E-state index is 0.0439. The highest BCUT2D eigenvalue weighted by molar-refractivity contribution is 5.91. The maximum Gasteiger partial charge on any atom is 0.332 e. The number of hydrogen-bond donors (Lipinski definition) is 2. The van der Waals surface area contributed by atoms with Crippen LogP contribution >= 0.6 is 0 Å². The van der Waals surface area contributed by atoms with Gasteiger partial charge in [0.15, 0.2) is 11.5 Å². The molecule has 7 heteroatoms. The summed E-state index contributed by atoms with van der Waals surface area (Å²) in [6, 6.07) is 0. The van der Waals surface area contributed by atoms with Crippen molar-refractivity contribution in [3.63, 3.8) is 0 Å².